The summed E-state index contributed by atoms with van der Waals surface area (Å²) in [6.45, 7) is 3.69. The summed E-state index contributed by atoms with van der Waals surface area (Å²) in [6.07, 6.45) is 0.501. The molecule has 1 aromatic carbocycles. The van der Waals surface area contributed by atoms with Crippen molar-refractivity contribution < 1.29 is 14.4 Å². The number of carbonyl (C=O) groups is 1. The minimum Gasteiger partial charge on any atom is -0.477 e. The molecule has 6 nitrogen and oxygen atoms in total. The third kappa shape index (κ3) is 2.95. The number of rotatable bonds is 4. The van der Waals surface area contributed by atoms with Gasteiger partial charge in [0.25, 0.3) is 0 Å². The van der Waals surface area contributed by atoms with Crippen molar-refractivity contribution in [3.05, 3.63) is 51.2 Å². The molecule has 2 heterocycles. The van der Waals surface area contributed by atoms with Gasteiger partial charge in [0.05, 0.1) is 16.4 Å². The molecule has 3 N–H and O–H groups in total. The topological polar surface area (TPSA) is 102 Å². The van der Waals surface area contributed by atoms with Crippen molar-refractivity contribution >= 4 is 23.0 Å². The zero-order chi connectivity index (χ0) is 16.6. The smallest absolute Gasteiger partial charge is 0.348 e. The predicted octanol–water partition coefficient (Wildman–Crippen LogP) is 3.29. The molecule has 0 saturated carbocycles. The molecule has 23 heavy (non-hydrogen) atoms. The second kappa shape index (κ2) is 5.85. The number of aromatic carboxylic acids is 1. The highest BCUT2D eigenvalue weighted by atomic mass is 32.1. The number of hydrogen-bond donors (Lipinski definition) is 2. The van der Waals surface area contributed by atoms with Crippen LogP contribution in [0.2, 0.25) is 0 Å². The van der Waals surface area contributed by atoms with Crippen LogP contribution in [0.3, 0.4) is 0 Å². The van der Waals surface area contributed by atoms with Gasteiger partial charge in [-0.05, 0) is 26.0 Å². The monoisotopic (exact) mass is 329 g/mol. The number of aryl methyl sites for hydroxylation is 2. The van der Waals surface area contributed by atoms with Crippen LogP contribution < -0.4 is 5.73 Å². The lowest BCUT2D eigenvalue weighted by Crippen LogP contribution is -1.95. The van der Waals surface area contributed by atoms with Crippen LogP contribution in [0, 0.1) is 13.8 Å². The van der Waals surface area contributed by atoms with E-state index in [2.05, 4.69) is 10.1 Å². The Morgan fingerprint density at radius 2 is 2.00 bits per heavy atom. The summed E-state index contributed by atoms with van der Waals surface area (Å²) in [5, 5.41) is 14.1. The highest BCUT2D eigenvalue weighted by Crippen LogP contribution is 2.31. The van der Waals surface area contributed by atoms with Crippen molar-refractivity contribution in [3.63, 3.8) is 0 Å². The minimum atomic E-state index is -0.987. The number of anilines is 1. The Labute approximate surface area is 136 Å². The highest BCUT2D eigenvalue weighted by Gasteiger charge is 2.20. The van der Waals surface area contributed by atoms with E-state index >= 15 is 0 Å². The number of benzene rings is 1. The van der Waals surface area contributed by atoms with Gasteiger partial charge in [0.1, 0.15) is 10.6 Å². The Hall–Kier alpha value is -2.67. The Bertz CT molecular complexity index is 846. The van der Waals surface area contributed by atoms with E-state index in [1.165, 1.54) is 11.3 Å². The molecule has 0 aliphatic heterocycles. The van der Waals surface area contributed by atoms with Crippen LogP contribution in [0.25, 0.3) is 11.3 Å². The Kier molecular flexibility index (Phi) is 3.87. The first kappa shape index (κ1) is 15.2. The predicted molar refractivity (Wildman–Crippen MR) is 87.7 cm³/mol. The summed E-state index contributed by atoms with van der Waals surface area (Å²) in [4.78, 5) is 16.3. The molecule has 3 aromatic rings. The largest absolute Gasteiger partial charge is 0.477 e. The number of carboxylic acid groups (broad SMARTS) is 1. The van der Waals surface area contributed by atoms with E-state index in [-0.39, 0.29) is 4.88 Å². The number of carboxylic acids is 1. The molecule has 0 spiro atoms. The fourth-order valence-corrected chi connectivity index (χ4v) is 3.26. The van der Waals surface area contributed by atoms with E-state index in [0.717, 1.165) is 22.6 Å². The molecule has 0 amide bonds. The van der Waals surface area contributed by atoms with Crippen LogP contribution in [-0.4, -0.2) is 21.2 Å². The molecule has 0 aliphatic rings. The normalized spacial score (nSPS) is 10.9. The van der Waals surface area contributed by atoms with Crippen LogP contribution in [0.15, 0.2) is 28.8 Å². The Balaban J connectivity index is 2.02. The maximum absolute atomic E-state index is 11.5. The summed E-state index contributed by atoms with van der Waals surface area (Å²) < 4.78 is 5.15. The van der Waals surface area contributed by atoms with E-state index < -0.39 is 5.97 Å². The molecule has 0 bridgehead atoms. The maximum Gasteiger partial charge on any atom is 0.348 e. The number of aromatic nitrogens is 2. The lowest BCUT2D eigenvalue weighted by molar-refractivity contribution is 0.0702. The summed E-state index contributed by atoms with van der Waals surface area (Å²) in [6, 6.07) is 7.01. The zero-order valence-electron chi connectivity index (χ0n) is 12.7. The van der Waals surface area contributed by atoms with E-state index in [1.54, 1.807) is 24.3 Å². The first-order chi connectivity index (χ1) is 11.0. The molecular formula is C16H15N3O3S. The average Bonchev–Trinajstić information content (AvgIpc) is 3.07. The number of thiazole rings is 1. The Morgan fingerprint density at radius 3 is 2.57 bits per heavy atom. The molecule has 0 fully saturated rings. The van der Waals surface area contributed by atoms with E-state index in [4.69, 9.17) is 10.3 Å². The number of nitrogens with zero attached hydrogens (tertiary/aromatic N) is 2. The molecule has 7 heteroatoms. The SMILES string of the molecule is Cc1noc(C)c1Cc1nc(-c2ccc(N)cc2)c(C(=O)O)s1. The molecule has 0 atom stereocenters. The second-order valence-electron chi connectivity index (χ2n) is 5.19. The number of nitrogens with two attached hydrogens (primary N) is 1. The fraction of sp³-hybridized carbons (Fsp3) is 0.188. The molecule has 0 radical (unpaired) electrons. The summed E-state index contributed by atoms with van der Waals surface area (Å²) in [7, 11) is 0. The standard InChI is InChI=1S/C16H15N3O3S/c1-8-12(9(2)22-19-8)7-13-18-14(15(23-13)16(20)21)10-3-5-11(17)6-4-10/h3-6H,7,17H2,1-2H3,(H,20,21). The van der Waals surface area contributed by atoms with Gasteiger partial charge in [0.2, 0.25) is 0 Å². The lowest BCUT2D eigenvalue weighted by atomic mass is 10.1. The van der Waals surface area contributed by atoms with Gasteiger partial charge in [0.15, 0.2) is 0 Å². The second-order valence-corrected chi connectivity index (χ2v) is 6.28. The first-order valence-electron chi connectivity index (χ1n) is 6.96. The van der Waals surface area contributed by atoms with Gasteiger partial charge in [0, 0.05) is 23.2 Å². The summed E-state index contributed by atoms with van der Waals surface area (Å²) in [5.41, 5.74) is 9.24. The summed E-state index contributed by atoms with van der Waals surface area (Å²) in [5.74, 6) is -0.261. The van der Waals surface area contributed by atoms with Crippen LogP contribution >= 0.6 is 11.3 Å². The summed E-state index contributed by atoms with van der Waals surface area (Å²) >= 11 is 1.17. The number of hydrogen-bond acceptors (Lipinski definition) is 6. The van der Waals surface area contributed by atoms with Crippen LogP contribution in [-0.2, 0) is 6.42 Å². The zero-order valence-corrected chi connectivity index (χ0v) is 13.5. The van der Waals surface area contributed by atoms with E-state index in [1.807, 2.05) is 13.8 Å². The van der Waals surface area contributed by atoms with Crippen molar-refractivity contribution in [3.8, 4) is 11.3 Å². The van der Waals surface area contributed by atoms with Crippen LogP contribution in [0.1, 0.15) is 31.7 Å². The molecule has 0 aliphatic carbocycles. The quantitative estimate of drug-likeness (QED) is 0.712. The average molecular weight is 329 g/mol. The van der Waals surface area contributed by atoms with Gasteiger partial charge in [-0.2, -0.15) is 0 Å². The van der Waals surface area contributed by atoms with E-state index in [9.17, 15) is 9.90 Å². The highest BCUT2D eigenvalue weighted by molar-refractivity contribution is 7.14. The van der Waals surface area contributed by atoms with Gasteiger partial charge in [-0.1, -0.05) is 17.3 Å². The fourth-order valence-electron chi connectivity index (χ4n) is 2.33. The van der Waals surface area contributed by atoms with Gasteiger partial charge in [-0.15, -0.1) is 11.3 Å². The van der Waals surface area contributed by atoms with Gasteiger partial charge in [-0.25, -0.2) is 9.78 Å². The first-order valence-corrected chi connectivity index (χ1v) is 7.78. The lowest BCUT2D eigenvalue weighted by Gasteiger charge is -1.99. The molecular weight excluding hydrogens is 314 g/mol. The van der Waals surface area contributed by atoms with Gasteiger partial charge < -0.3 is 15.4 Å². The van der Waals surface area contributed by atoms with Crippen molar-refractivity contribution in [2.45, 2.75) is 20.3 Å². The molecule has 3 rings (SSSR count). The van der Waals surface area contributed by atoms with Crippen LogP contribution in [0.5, 0.6) is 0 Å². The molecule has 2 aromatic heterocycles. The van der Waals surface area contributed by atoms with E-state index in [0.29, 0.717) is 22.8 Å². The van der Waals surface area contributed by atoms with Crippen molar-refractivity contribution in [2.24, 2.45) is 0 Å². The minimum absolute atomic E-state index is 0.219. The molecule has 0 saturated heterocycles. The maximum atomic E-state index is 11.5. The van der Waals surface area contributed by atoms with Crippen molar-refractivity contribution in [2.75, 3.05) is 5.73 Å². The third-order valence-electron chi connectivity index (χ3n) is 3.56. The number of nitrogen functional groups attached to an aromatic ring is 1. The molecule has 0 unspecified atom stereocenters. The van der Waals surface area contributed by atoms with Crippen molar-refractivity contribution in [1.82, 2.24) is 10.1 Å². The van der Waals surface area contributed by atoms with Crippen molar-refractivity contribution in [1.29, 1.82) is 0 Å². The molecule has 118 valence electrons. The third-order valence-corrected chi connectivity index (χ3v) is 4.60. The van der Waals surface area contributed by atoms with Crippen LogP contribution in [0.4, 0.5) is 5.69 Å². The van der Waals surface area contributed by atoms with Gasteiger partial charge in [-0.3, -0.25) is 0 Å². The Morgan fingerprint density at radius 1 is 1.30 bits per heavy atom. The van der Waals surface area contributed by atoms with Gasteiger partial charge >= 0.3 is 5.97 Å².